The van der Waals surface area contributed by atoms with Gasteiger partial charge in [-0.15, -0.1) is 0 Å². The summed E-state index contributed by atoms with van der Waals surface area (Å²) in [6, 6.07) is 18.2. The SMILES string of the molecule is COc1cc2c(cc1NC(=O)[C@@H](C)Nc1ccccc1CO)oc1ccccc12. The Labute approximate surface area is 168 Å². The van der Waals surface area contributed by atoms with Gasteiger partial charge in [0.05, 0.1) is 19.4 Å². The Kier molecular flexibility index (Phi) is 5.10. The summed E-state index contributed by atoms with van der Waals surface area (Å²) in [5.41, 5.74) is 3.44. The first-order valence-electron chi connectivity index (χ1n) is 9.36. The number of methoxy groups -OCH3 is 1. The molecule has 1 heterocycles. The summed E-state index contributed by atoms with van der Waals surface area (Å²) < 4.78 is 11.4. The smallest absolute Gasteiger partial charge is 0.246 e. The molecule has 3 aromatic carbocycles. The highest BCUT2D eigenvalue weighted by molar-refractivity contribution is 6.08. The van der Waals surface area contributed by atoms with Crippen molar-refractivity contribution in [2.24, 2.45) is 0 Å². The summed E-state index contributed by atoms with van der Waals surface area (Å²) in [6.45, 7) is 1.66. The van der Waals surface area contributed by atoms with Gasteiger partial charge < -0.3 is 24.9 Å². The molecule has 0 aliphatic heterocycles. The molecule has 0 aliphatic carbocycles. The molecule has 6 heteroatoms. The van der Waals surface area contributed by atoms with E-state index in [1.807, 2.05) is 54.6 Å². The quantitative estimate of drug-likeness (QED) is 0.451. The lowest BCUT2D eigenvalue weighted by Crippen LogP contribution is -2.32. The molecule has 0 spiro atoms. The van der Waals surface area contributed by atoms with E-state index in [2.05, 4.69) is 10.6 Å². The van der Waals surface area contributed by atoms with Crippen LogP contribution in [0.25, 0.3) is 21.9 Å². The number of nitrogens with one attached hydrogen (secondary N) is 2. The number of fused-ring (bicyclic) bond motifs is 3. The van der Waals surface area contributed by atoms with Crippen molar-refractivity contribution < 1.29 is 19.1 Å². The fourth-order valence-electron chi connectivity index (χ4n) is 3.36. The second-order valence-corrected chi connectivity index (χ2v) is 6.82. The summed E-state index contributed by atoms with van der Waals surface area (Å²) in [4.78, 5) is 12.8. The lowest BCUT2D eigenvalue weighted by molar-refractivity contribution is -0.116. The lowest BCUT2D eigenvalue weighted by atomic mass is 10.1. The third-order valence-electron chi connectivity index (χ3n) is 4.91. The molecule has 0 saturated heterocycles. The summed E-state index contributed by atoms with van der Waals surface area (Å²) >= 11 is 0. The van der Waals surface area contributed by atoms with Gasteiger partial charge in [-0.1, -0.05) is 36.4 Å². The van der Waals surface area contributed by atoms with Gasteiger partial charge in [0, 0.05) is 28.1 Å². The number of hydrogen-bond acceptors (Lipinski definition) is 5. The lowest BCUT2D eigenvalue weighted by Gasteiger charge is -2.18. The molecule has 0 aliphatic rings. The van der Waals surface area contributed by atoms with E-state index in [1.54, 1.807) is 20.1 Å². The molecular weight excluding hydrogens is 368 g/mol. The van der Waals surface area contributed by atoms with Gasteiger partial charge in [-0.2, -0.15) is 0 Å². The van der Waals surface area contributed by atoms with Crippen molar-refractivity contribution in [1.29, 1.82) is 0 Å². The van der Waals surface area contributed by atoms with Crippen LogP contribution in [0.4, 0.5) is 11.4 Å². The fraction of sp³-hybridized carbons (Fsp3) is 0.174. The number of amides is 1. The predicted octanol–water partition coefficient (Wildman–Crippen LogP) is 4.53. The molecule has 0 radical (unpaired) electrons. The minimum atomic E-state index is -0.529. The zero-order valence-corrected chi connectivity index (χ0v) is 16.2. The van der Waals surface area contributed by atoms with E-state index in [-0.39, 0.29) is 12.5 Å². The molecule has 0 unspecified atom stereocenters. The fourth-order valence-corrected chi connectivity index (χ4v) is 3.36. The second-order valence-electron chi connectivity index (χ2n) is 6.82. The topological polar surface area (TPSA) is 83.7 Å². The molecule has 0 fully saturated rings. The molecule has 1 amide bonds. The van der Waals surface area contributed by atoms with E-state index in [9.17, 15) is 9.90 Å². The van der Waals surface area contributed by atoms with Crippen molar-refractivity contribution in [2.45, 2.75) is 19.6 Å². The van der Waals surface area contributed by atoms with Crippen molar-refractivity contribution in [3.63, 3.8) is 0 Å². The number of carbonyl (C=O) groups is 1. The van der Waals surface area contributed by atoms with Crippen molar-refractivity contribution in [3.8, 4) is 5.75 Å². The Hall–Kier alpha value is -3.51. The van der Waals surface area contributed by atoms with Crippen LogP contribution in [0.5, 0.6) is 5.75 Å². The number of benzene rings is 3. The normalized spacial score (nSPS) is 12.1. The Morgan fingerprint density at radius 1 is 1.03 bits per heavy atom. The van der Waals surface area contributed by atoms with Crippen LogP contribution in [-0.2, 0) is 11.4 Å². The Balaban J connectivity index is 1.60. The van der Waals surface area contributed by atoms with E-state index in [1.165, 1.54) is 0 Å². The molecule has 4 aromatic rings. The van der Waals surface area contributed by atoms with Crippen LogP contribution < -0.4 is 15.4 Å². The molecule has 6 nitrogen and oxygen atoms in total. The van der Waals surface area contributed by atoms with E-state index < -0.39 is 6.04 Å². The van der Waals surface area contributed by atoms with Crippen LogP contribution in [-0.4, -0.2) is 24.2 Å². The van der Waals surface area contributed by atoms with Crippen LogP contribution in [0.1, 0.15) is 12.5 Å². The van der Waals surface area contributed by atoms with Gasteiger partial charge in [0.1, 0.15) is 23.0 Å². The number of furan rings is 1. The van der Waals surface area contributed by atoms with Crippen molar-refractivity contribution in [2.75, 3.05) is 17.7 Å². The maximum Gasteiger partial charge on any atom is 0.246 e. The average Bonchev–Trinajstić information content (AvgIpc) is 3.10. The highest BCUT2D eigenvalue weighted by Crippen LogP contribution is 2.36. The predicted molar refractivity (Wildman–Crippen MR) is 114 cm³/mol. The highest BCUT2D eigenvalue weighted by atomic mass is 16.5. The third kappa shape index (κ3) is 3.62. The summed E-state index contributed by atoms with van der Waals surface area (Å²) in [5.74, 6) is 0.326. The van der Waals surface area contributed by atoms with Crippen LogP contribution >= 0.6 is 0 Å². The number of para-hydroxylation sites is 2. The molecular formula is C23H22N2O4. The van der Waals surface area contributed by atoms with Gasteiger partial charge in [0.15, 0.2) is 0 Å². The standard InChI is InChI=1S/C23H22N2O4/c1-14(24-18-9-5-3-7-15(18)13-26)23(27)25-19-12-21-17(11-22(19)28-2)16-8-4-6-10-20(16)29-21/h3-12,14,24,26H,13H2,1-2H3,(H,25,27)/t14-/m1/s1. The van der Waals surface area contributed by atoms with E-state index in [0.717, 1.165) is 27.6 Å². The number of anilines is 2. The first-order chi connectivity index (χ1) is 14.1. The summed E-state index contributed by atoms with van der Waals surface area (Å²) in [6.07, 6.45) is 0. The number of hydrogen-bond donors (Lipinski definition) is 3. The highest BCUT2D eigenvalue weighted by Gasteiger charge is 2.18. The molecule has 148 valence electrons. The average molecular weight is 390 g/mol. The third-order valence-corrected chi connectivity index (χ3v) is 4.91. The monoisotopic (exact) mass is 390 g/mol. The molecule has 4 rings (SSSR count). The number of aliphatic hydroxyl groups is 1. The van der Waals surface area contributed by atoms with Crippen molar-refractivity contribution in [1.82, 2.24) is 0 Å². The molecule has 29 heavy (non-hydrogen) atoms. The van der Waals surface area contributed by atoms with E-state index in [4.69, 9.17) is 9.15 Å². The zero-order valence-electron chi connectivity index (χ0n) is 16.2. The van der Waals surface area contributed by atoms with Gasteiger partial charge >= 0.3 is 0 Å². The van der Waals surface area contributed by atoms with Crippen LogP contribution in [0, 0.1) is 0 Å². The zero-order chi connectivity index (χ0) is 20.4. The minimum Gasteiger partial charge on any atom is -0.495 e. The van der Waals surface area contributed by atoms with Crippen molar-refractivity contribution in [3.05, 3.63) is 66.2 Å². The molecule has 1 aromatic heterocycles. The minimum absolute atomic E-state index is 0.103. The summed E-state index contributed by atoms with van der Waals surface area (Å²) in [5, 5.41) is 17.4. The van der Waals surface area contributed by atoms with Crippen LogP contribution in [0.2, 0.25) is 0 Å². The van der Waals surface area contributed by atoms with Gasteiger partial charge in [-0.3, -0.25) is 4.79 Å². The maximum atomic E-state index is 12.8. The molecule has 0 bridgehead atoms. The number of ether oxygens (including phenoxy) is 1. The molecule has 1 atom stereocenters. The molecule has 0 saturated carbocycles. The van der Waals surface area contributed by atoms with Crippen LogP contribution in [0.15, 0.2) is 65.1 Å². The first kappa shape index (κ1) is 18.8. The number of aliphatic hydroxyl groups excluding tert-OH is 1. The van der Waals surface area contributed by atoms with Crippen molar-refractivity contribution >= 4 is 39.2 Å². The largest absolute Gasteiger partial charge is 0.495 e. The van der Waals surface area contributed by atoms with Crippen LogP contribution in [0.3, 0.4) is 0 Å². The maximum absolute atomic E-state index is 12.8. The van der Waals surface area contributed by atoms with E-state index in [0.29, 0.717) is 17.0 Å². The number of carbonyl (C=O) groups excluding carboxylic acids is 1. The number of rotatable bonds is 6. The molecule has 3 N–H and O–H groups in total. The van der Waals surface area contributed by atoms with Gasteiger partial charge in [0.2, 0.25) is 5.91 Å². The van der Waals surface area contributed by atoms with Gasteiger partial charge in [-0.05, 0) is 25.1 Å². The summed E-state index contributed by atoms with van der Waals surface area (Å²) in [7, 11) is 1.57. The Morgan fingerprint density at radius 2 is 1.79 bits per heavy atom. The van der Waals surface area contributed by atoms with Gasteiger partial charge in [-0.25, -0.2) is 0 Å². The first-order valence-corrected chi connectivity index (χ1v) is 9.36. The van der Waals surface area contributed by atoms with Gasteiger partial charge in [0.25, 0.3) is 0 Å². The Morgan fingerprint density at radius 3 is 2.59 bits per heavy atom. The van der Waals surface area contributed by atoms with E-state index >= 15 is 0 Å². The Bertz CT molecular complexity index is 1180. The second kappa shape index (κ2) is 7.85.